The van der Waals surface area contributed by atoms with Gasteiger partial charge < -0.3 is 0 Å². The summed E-state index contributed by atoms with van der Waals surface area (Å²) in [6.45, 7) is 3.92. The van der Waals surface area contributed by atoms with Gasteiger partial charge in [-0.25, -0.2) is 0 Å². The lowest BCUT2D eigenvalue weighted by atomic mass is 10.1. The molecular weight excluding hydrogens is 240 g/mol. The van der Waals surface area contributed by atoms with E-state index in [1.807, 2.05) is 17.8 Å². The van der Waals surface area contributed by atoms with Crippen molar-refractivity contribution in [3.8, 4) is 0 Å². The van der Waals surface area contributed by atoms with Crippen LogP contribution in [-0.4, -0.2) is 11.0 Å². The number of thioether (sulfide) groups is 1. The van der Waals surface area contributed by atoms with Gasteiger partial charge in [-0.1, -0.05) is 56.5 Å². The van der Waals surface area contributed by atoms with Crippen LogP contribution in [0.3, 0.4) is 0 Å². The summed E-state index contributed by atoms with van der Waals surface area (Å²) in [7, 11) is 0. The van der Waals surface area contributed by atoms with Gasteiger partial charge in [-0.2, -0.15) is 11.8 Å². The molecule has 1 nitrogen and oxygen atoms in total. The molecule has 1 atom stereocenters. The average Bonchev–Trinajstić information content (AvgIpc) is 2.37. The zero-order valence-electron chi connectivity index (χ0n) is 11.5. The first-order chi connectivity index (χ1) is 8.72. The normalized spacial score (nSPS) is 12.3. The highest BCUT2D eigenvalue weighted by atomic mass is 32.2. The number of hydrogen-bond acceptors (Lipinski definition) is 2. The molecule has 2 heteroatoms. The van der Waals surface area contributed by atoms with E-state index in [2.05, 4.69) is 31.2 Å². The summed E-state index contributed by atoms with van der Waals surface area (Å²) in [5.41, 5.74) is 1.35. The van der Waals surface area contributed by atoms with Crippen molar-refractivity contribution < 1.29 is 4.79 Å². The summed E-state index contributed by atoms with van der Waals surface area (Å²) < 4.78 is 0. The zero-order valence-corrected chi connectivity index (χ0v) is 12.3. The molecule has 0 fully saturated rings. The first kappa shape index (κ1) is 15.3. The van der Waals surface area contributed by atoms with Crippen LogP contribution in [0, 0.1) is 0 Å². The number of hydrogen-bond donors (Lipinski definition) is 0. The Morgan fingerprint density at radius 3 is 2.56 bits per heavy atom. The molecule has 1 aromatic carbocycles. The SMILES string of the molecule is CCCCCC(CC(C)=O)SCc1ccccc1. The summed E-state index contributed by atoms with van der Waals surface area (Å²) in [4.78, 5) is 11.3. The van der Waals surface area contributed by atoms with E-state index in [0.29, 0.717) is 11.0 Å². The number of unbranched alkanes of at least 4 members (excludes halogenated alkanes) is 2. The Kier molecular flexibility index (Phi) is 7.83. The summed E-state index contributed by atoms with van der Waals surface area (Å²) in [5.74, 6) is 1.34. The maximum atomic E-state index is 11.3. The van der Waals surface area contributed by atoms with E-state index in [-0.39, 0.29) is 0 Å². The van der Waals surface area contributed by atoms with Crippen molar-refractivity contribution >= 4 is 17.5 Å². The lowest BCUT2D eigenvalue weighted by Gasteiger charge is -2.15. The molecule has 0 aromatic heterocycles. The quantitative estimate of drug-likeness (QED) is 0.593. The van der Waals surface area contributed by atoms with E-state index in [1.165, 1.54) is 31.2 Å². The van der Waals surface area contributed by atoms with Crippen LogP contribution < -0.4 is 0 Å². The van der Waals surface area contributed by atoms with Crippen LogP contribution in [0.25, 0.3) is 0 Å². The van der Waals surface area contributed by atoms with Gasteiger partial charge >= 0.3 is 0 Å². The Labute approximate surface area is 115 Å². The Morgan fingerprint density at radius 2 is 1.94 bits per heavy atom. The molecule has 0 bridgehead atoms. The van der Waals surface area contributed by atoms with Gasteiger partial charge in [0, 0.05) is 17.4 Å². The fraction of sp³-hybridized carbons (Fsp3) is 0.562. The van der Waals surface area contributed by atoms with E-state index >= 15 is 0 Å². The minimum Gasteiger partial charge on any atom is -0.300 e. The fourth-order valence-corrected chi connectivity index (χ4v) is 3.28. The van der Waals surface area contributed by atoms with Crippen molar-refractivity contribution in [1.82, 2.24) is 0 Å². The zero-order chi connectivity index (χ0) is 13.2. The third-order valence-electron chi connectivity index (χ3n) is 2.97. The van der Waals surface area contributed by atoms with Gasteiger partial charge in [0.25, 0.3) is 0 Å². The Hall–Kier alpha value is -0.760. The molecule has 0 saturated heterocycles. The molecular formula is C16H24OS. The summed E-state index contributed by atoms with van der Waals surface area (Å²) in [6, 6.07) is 10.5. The standard InChI is InChI=1S/C16H24OS/c1-3-4-6-11-16(12-14(2)17)18-13-15-9-7-5-8-10-15/h5,7-10,16H,3-4,6,11-13H2,1-2H3. The van der Waals surface area contributed by atoms with Crippen LogP contribution in [0.1, 0.15) is 51.5 Å². The summed E-state index contributed by atoms with van der Waals surface area (Å²) >= 11 is 1.93. The van der Waals surface area contributed by atoms with Gasteiger partial charge in [-0.15, -0.1) is 0 Å². The predicted octanol–water partition coefficient (Wildman–Crippen LogP) is 4.85. The monoisotopic (exact) mass is 264 g/mol. The van der Waals surface area contributed by atoms with Gasteiger partial charge in [-0.3, -0.25) is 4.79 Å². The Morgan fingerprint density at radius 1 is 1.22 bits per heavy atom. The third-order valence-corrected chi connectivity index (χ3v) is 4.35. The van der Waals surface area contributed by atoms with E-state index in [9.17, 15) is 4.79 Å². The van der Waals surface area contributed by atoms with Crippen LogP contribution in [0.2, 0.25) is 0 Å². The minimum atomic E-state index is 0.317. The second kappa shape index (κ2) is 9.21. The van der Waals surface area contributed by atoms with E-state index < -0.39 is 0 Å². The first-order valence-electron chi connectivity index (χ1n) is 6.87. The van der Waals surface area contributed by atoms with Gasteiger partial charge in [-0.05, 0) is 18.9 Å². The Bertz CT molecular complexity index is 334. The minimum absolute atomic E-state index is 0.317. The van der Waals surface area contributed by atoms with Crippen LogP contribution in [0.15, 0.2) is 30.3 Å². The van der Waals surface area contributed by atoms with Crippen LogP contribution in [0.4, 0.5) is 0 Å². The molecule has 1 unspecified atom stereocenters. The topological polar surface area (TPSA) is 17.1 Å². The van der Waals surface area contributed by atoms with E-state index in [4.69, 9.17) is 0 Å². The molecule has 0 saturated carbocycles. The van der Waals surface area contributed by atoms with Crippen LogP contribution >= 0.6 is 11.8 Å². The van der Waals surface area contributed by atoms with Crippen molar-refractivity contribution in [2.24, 2.45) is 0 Å². The molecule has 0 aliphatic rings. The van der Waals surface area contributed by atoms with E-state index in [0.717, 1.165) is 12.2 Å². The fourth-order valence-electron chi connectivity index (χ4n) is 1.98. The lowest BCUT2D eigenvalue weighted by molar-refractivity contribution is -0.117. The van der Waals surface area contributed by atoms with E-state index in [1.54, 1.807) is 6.92 Å². The smallest absolute Gasteiger partial charge is 0.130 e. The molecule has 0 amide bonds. The molecule has 0 aliphatic carbocycles. The highest BCUT2D eigenvalue weighted by molar-refractivity contribution is 7.99. The number of ketones is 1. The highest BCUT2D eigenvalue weighted by Gasteiger charge is 2.11. The van der Waals surface area contributed by atoms with Crippen molar-refractivity contribution in [1.29, 1.82) is 0 Å². The second-order valence-corrected chi connectivity index (χ2v) is 6.11. The number of carbonyl (C=O) groups excluding carboxylic acids is 1. The maximum absolute atomic E-state index is 11.3. The highest BCUT2D eigenvalue weighted by Crippen LogP contribution is 2.25. The maximum Gasteiger partial charge on any atom is 0.130 e. The number of carbonyl (C=O) groups is 1. The molecule has 100 valence electrons. The predicted molar refractivity (Wildman–Crippen MR) is 81.0 cm³/mol. The molecule has 0 heterocycles. The third kappa shape index (κ3) is 6.85. The summed E-state index contributed by atoms with van der Waals surface area (Å²) in [6.07, 6.45) is 5.67. The molecule has 0 radical (unpaired) electrons. The number of benzene rings is 1. The lowest BCUT2D eigenvalue weighted by Crippen LogP contribution is -2.08. The largest absolute Gasteiger partial charge is 0.300 e. The van der Waals surface area contributed by atoms with Crippen LogP contribution in [0.5, 0.6) is 0 Å². The molecule has 0 N–H and O–H groups in total. The average molecular weight is 264 g/mol. The second-order valence-electron chi connectivity index (χ2n) is 4.82. The van der Waals surface area contributed by atoms with Crippen molar-refractivity contribution in [2.75, 3.05) is 0 Å². The molecule has 18 heavy (non-hydrogen) atoms. The first-order valence-corrected chi connectivity index (χ1v) is 7.92. The Balaban J connectivity index is 2.37. The molecule has 1 rings (SSSR count). The number of rotatable bonds is 9. The van der Waals surface area contributed by atoms with Gasteiger partial charge in [0.05, 0.1) is 0 Å². The van der Waals surface area contributed by atoms with Crippen molar-refractivity contribution in [2.45, 2.75) is 57.0 Å². The van der Waals surface area contributed by atoms with Crippen molar-refractivity contribution in [3.05, 3.63) is 35.9 Å². The van der Waals surface area contributed by atoms with Gasteiger partial charge in [0.15, 0.2) is 0 Å². The molecule has 0 aliphatic heterocycles. The van der Waals surface area contributed by atoms with Crippen LogP contribution in [-0.2, 0) is 10.5 Å². The van der Waals surface area contributed by atoms with Gasteiger partial charge in [0.1, 0.15) is 5.78 Å². The molecule has 0 spiro atoms. The summed E-state index contributed by atoms with van der Waals surface area (Å²) in [5, 5.41) is 0.495. The number of Topliss-reactive ketones (excluding diaryl/α,β-unsaturated/α-hetero) is 1. The van der Waals surface area contributed by atoms with Gasteiger partial charge in [0.2, 0.25) is 0 Å². The molecule has 1 aromatic rings. The van der Waals surface area contributed by atoms with Crippen molar-refractivity contribution in [3.63, 3.8) is 0 Å².